The summed E-state index contributed by atoms with van der Waals surface area (Å²) < 4.78 is 45.0. The minimum absolute atomic E-state index is 0.130. The molecule has 0 bridgehead atoms. The molecule has 0 radical (unpaired) electrons. The van der Waals surface area contributed by atoms with Crippen LogP contribution in [0.5, 0.6) is 0 Å². The second-order valence-corrected chi connectivity index (χ2v) is 8.42. The van der Waals surface area contributed by atoms with Gasteiger partial charge in [-0.15, -0.1) is 0 Å². The highest BCUT2D eigenvalue weighted by atomic mass is 32.2. The second kappa shape index (κ2) is 8.15. The van der Waals surface area contributed by atoms with E-state index in [4.69, 9.17) is 4.74 Å². The molecule has 1 aromatic carbocycles. The molecule has 0 unspecified atom stereocenters. The Balaban J connectivity index is 1.71. The molecule has 11 heteroatoms. The number of urea groups is 1. The number of nitrogens with zero attached hydrogens (tertiary/aromatic N) is 3. The molecule has 152 valence electrons. The Hall–Kier alpha value is -2.66. The van der Waals surface area contributed by atoms with E-state index < -0.39 is 10.0 Å². The number of benzene rings is 1. The number of sulfonamides is 1. The number of halogens is 1. The lowest BCUT2D eigenvalue weighted by Crippen LogP contribution is -2.41. The maximum absolute atomic E-state index is 13.0. The summed E-state index contributed by atoms with van der Waals surface area (Å²) in [6.45, 7) is 0.726. The molecule has 3 rings (SSSR count). The molecule has 2 aromatic rings. The van der Waals surface area contributed by atoms with Gasteiger partial charge < -0.3 is 15.0 Å². The fourth-order valence-corrected chi connectivity index (χ4v) is 3.75. The van der Waals surface area contributed by atoms with Crippen LogP contribution in [-0.2, 0) is 14.8 Å². The van der Waals surface area contributed by atoms with Crippen molar-refractivity contribution in [2.24, 2.45) is 0 Å². The van der Waals surface area contributed by atoms with Crippen molar-refractivity contribution < 1.29 is 22.3 Å². The summed E-state index contributed by atoms with van der Waals surface area (Å²) in [4.78, 5) is 14.3. The first kappa shape index (κ1) is 20.1. The molecule has 1 aliphatic heterocycles. The standard InChI is InChI=1S/C17H22FN5O4S/c1-27-11-16-7-15(23-9-14(8-19-23)21-28(2,25)26)10-22(16)17(24)20-13-5-3-12(18)4-6-13/h3-6,8-9,15-16,21H,7,10-11H2,1-2H3,(H,20,24)/t15-,16-/m0/s1. The molecular weight excluding hydrogens is 389 g/mol. The highest BCUT2D eigenvalue weighted by molar-refractivity contribution is 7.92. The first-order chi connectivity index (χ1) is 13.2. The van der Waals surface area contributed by atoms with Crippen molar-refractivity contribution >= 4 is 27.4 Å². The third-order valence-electron chi connectivity index (χ3n) is 4.39. The van der Waals surface area contributed by atoms with Crippen LogP contribution in [0.15, 0.2) is 36.7 Å². The van der Waals surface area contributed by atoms with E-state index in [9.17, 15) is 17.6 Å². The molecule has 2 atom stereocenters. The van der Waals surface area contributed by atoms with Gasteiger partial charge in [0, 0.05) is 25.5 Å². The molecule has 2 N–H and O–H groups in total. The van der Waals surface area contributed by atoms with E-state index in [1.165, 1.54) is 30.5 Å². The molecular formula is C17H22FN5O4S. The maximum atomic E-state index is 13.0. The second-order valence-electron chi connectivity index (χ2n) is 6.67. The van der Waals surface area contributed by atoms with Crippen LogP contribution in [0.25, 0.3) is 0 Å². The number of likely N-dealkylation sites (tertiary alicyclic amines) is 1. The fourth-order valence-electron chi connectivity index (χ4n) is 3.22. The van der Waals surface area contributed by atoms with Crippen LogP contribution in [0.1, 0.15) is 12.5 Å². The van der Waals surface area contributed by atoms with Gasteiger partial charge in [-0.2, -0.15) is 5.10 Å². The number of rotatable bonds is 6. The average molecular weight is 411 g/mol. The summed E-state index contributed by atoms with van der Waals surface area (Å²) in [6, 6.07) is 4.90. The summed E-state index contributed by atoms with van der Waals surface area (Å²) in [5.74, 6) is -0.381. The van der Waals surface area contributed by atoms with E-state index in [2.05, 4.69) is 15.1 Å². The highest BCUT2D eigenvalue weighted by Crippen LogP contribution is 2.29. The van der Waals surface area contributed by atoms with E-state index >= 15 is 0 Å². The van der Waals surface area contributed by atoms with Gasteiger partial charge in [0.05, 0.1) is 36.8 Å². The van der Waals surface area contributed by atoms with E-state index in [-0.39, 0.29) is 23.9 Å². The Kier molecular flexibility index (Phi) is 5.84. The molecule has 1 aliphatic rings. The van der Waals surface area contributed by atoms with Gasteiger partial charge in [0.25, 0.3) is 0 Å². The predicted octanol–water partition coefficient (Wildman–Crippen LogP) is 1.89. The largest absolute Gasteiger partial charge is 0.383 e. The number of hydrogen-bond donors (Lipinski definition) is 2. The third kappa shape index (κ3) is 4.98. The van der Waals surface area contributed by atoms with E-state index in [0.29, 0.717) is 30.9 Å². The molecule has 1 aromatic heterocycles. The summed E-state index contributed by atoms with van der Waals surface area (Å²) >= 11 is 0. The van der Waals surface area contributed by atoms with Gasteiger partial charge in [-0.1, -0.05) is 0 Å². The topological polar surface area (TPSA) is 106 Å². The average Bonchev–Trinajstić information content (AvgIpc) is 3.23. The zero-order chi connectivity index (χ0) is 20.3. The lowest BCUT2D eigenvalue weighted by atomic mass is 10.2. The number of amides is 2. The van der Waals surface area contributed by atoms with E-state index in [1.54, 1.807) is 22.9 Å². The number of carbonyl (C=O) groups is 1. The van der Waals surface area contributed by atoms with Crippen molar-refractivity contribution in [2.45, 2.75) is 18.5 Å². The lowest BCUT2D eigenvalue weighted by Gasteiger charge is -2.24. The molecule has 0 saturated carbocycles. The summed E-state index contributed by atoms with van der Waals surface area (Å²) in [6.07, 6.45) is 4.69. The van der Waals surface area contributed by atoms with Gasteiger partial charge in [-0.05, 0) is 30.7 Å². The zero-order valence-corrected chi connectivity index (χ0v) is 16.3. The molecule has 2 heterocycles. The third-order valence-corrected chi connectivity index (χ3v) is 4.99. The number of anilines is 2. The van der Waals surface area contributed by atoms with Gasteiger partial charge >= 0.3 is 6.03 Å². The molecule has 9 nitrogen and oxygen atoms in total. The number of carbonyl (C=O) groups excluding carboxylic acids is 1. The normalized spacial score (nSPS) is 19.6. The van der Waals surface area contributed by atoms with E-state index in [1.807, 2.05) is 0 Å². The van der Waals surface area contributed by atoms with Crippen molar-refractivity contribution in [1.82, 2.24) is 14.7 Å². The van der Waals surface area contributed by atoms with Crippen LogP contribution < -0.4 is 10.0 Å². The quantitative estimate of drug-likeness (QED) is 0.755. The van der Waals surface area contributed by atoms with Crippen LogP contribution >= 0.6 is 0 Å². The van der Waals surface area contributed by atoms with Crippen LogP contribution in [0.4, 0.5) is 20.6 Å². The van der Waals surface area contributed by atoms with Crippen LogP contribution in [-0.4, -0.2) is 61.7 Å². The first-order valence-corrected chi connectivity index (χ1v) is 10.5. The van der Waals surface area contributed by atoms with Gasteiger partial charge in [-0.3, -0.25) is 9.40 Å². The van der Waals surface area contributed by atoms with Crippen molar-refractivity contribution in [3.05, 3.63) is 42.5 Å². The minimum Gasteiger partial charge on any atom is -0.383 e. The molecule has 1 saturated heterocycles. The monoisotopic (exact) mass is 411 g/mol. The summed E-state index contributed by atoms with van der Waals surface area (Å²) in [5, 5.41) is 6.96. The van der Waals surface area contributed by atoms with Crippen LogP contribution in [0.3, 0.4) is 0 Å². The SMILES string of the molecule is COC[C@@H]1C[C@H](n2cc(NS(C)(=O)=O)cn2)CN1C(=O)Nc1ccc(F)cc1. The zero-order valence-electron chi connectivity index (χ0n) is 15.5. The Bertz CT molecular complexity index is 931. The molecule has 28 heavy (non-hydrogen) atoms. The Labute approximate surface area is 162 Å². The van der Waals surface area contributed by atoms with Crippen molar-refractivity contribution in [2.75, 3.05) is 36.6 Å². The summed E-state index contributed by atoms with van der Waals surface area (Å²) in [7, 11) is -1.83. The lowest BCUT2D eigenvalue weighted by molar-refractivity contribution is 0.128. The summed E-state index contributed by atoms with van der Waals surface area (Å²) in [5.41, 5.74) is 0.852. The number of hydrogen-bond acceptors (Lipinski definition) is 5. The number of ether oxygens (including phenoxy) is 1. The van der Waals surface area contributed by atoms with Gasteiger partial charge in [0.1, 0.15) is 5.82 Å². The minimum atomic E-state index is -3.39. The Morgan fingerprint density at radius 2 is 2.04 bits per heavy atom. The van der Waals surface area contributed by atoms with Crippen molar-refractivity contribution in [3.63, 3.8) is 0 Å². The maximum Gasteiger partial charge on any atom is 0.322 e. The smallest absolute Gasteiger partial charge is 0.322 e. The molecule has 0 spiro atoms. The van der Waals surface area contributed by atoms with Crippen LogP contribution in [0, 0.1) is 5.82 Å². The molecule has 2 amide bonds. The highest BCUT2D eigenvalue weighted by Gasteiger charge is 2.36. The van der Waals surface area contributed by atoms with Gasteiger partial charge in [0.15, 0.2) is 0 Å². The van der Waals surface area contributed by atoms with Gasteiger partial charge in [0.2, 0.25) is 10.0 Å². The van der Waals surface area contributed by atoms with E-state index in [0.717, 1.165) is 6.26 Å². The fraction of sp³-hybridized carbons (Fsp3) is 0.412. The van der Waals surface area contributed by atoms with Gasteiger partial charge in [-0.25, -0.2) is 17.6 Å². The number of methoxy groups -OCH3 is 1. The molecule has 1 fully saturated rings. The Morgan fingerprint density at radius 1 is 1.32 bits per heavy atom. The van der Waals surface area contributed by atoms with Crippen LogP contribution in [0.2, 0.25) is 0 Å². The number of nitrogens with one attached hydrogen (secondary N) is 2. The first-order valence-electron chi connectivity index (χ1n) is 8.59. The Morgan fingerprint density at radius 3 is 2.68 bits per heavy atom. The van der Waals surface area contributed by atoms with Crippen molar-refractivity contribution in [3.8, 4) is 0 Å². The molecule has 0 aliphatic carbocycles. The number of aromatic nitrogens is 2. The predicted molar refractivity (Wildman–Crippen MR) is 102 cm³/mol. The van der Waals surface area contributed by atoms with Crippen molar-refractivity contribution in [1.29, 1.82) is 0 Å².